The van der Waals surface area contributed by atoms with Crippen molar-refractivity contribution in [3.8, 4) is 0 Å². The molecule has 0 aromatic heterocycles. The van der Waals surface area contributed by atoms with Gasteiger partial charge in [-0.05, 0) is 56.0 Å². The fraction of sp³-hybridized carbons (Fsp3) is 0.400. The molecule has 55 valence electrons. The van der Waals surface area contributed by atoms with E-state index in [1.165, 1.54) is 22.3 Å². The molecular formula is C10H14Li. The molecule has 0 N–H and O–H groups in total. The predicted molar refractivity (Wildman–Crippen MR) is 51.4 cm³/mol. The van der Waals surface area contributed by atoms with E-state index in [0.717, 1.165) is 0 Å². The Morgan fingerprint density at radius 2 is 1.27 bits per heavy atom. The minimum absolute atomic E-state index is 0. The molecule has 0 unspecified atom stereocenters. The molecule has 0 fully saturated rings. The average Bonchev–Trinajstić information content (AvgIpc) is 1.84. The molecule has 1 aromatic carbocycles. The zero-order chi connectivity index (χ0) is 7.72. The summed E-state index contributed by atoms with van der Waals surface area (Å²) in [5, 5.41) is 0. The summed E-state index contributed by atoms with van der Waals surface area (Å²) in [7, 11) is 0. The first-order valence-corrected chi connectivity index (χ1v) is 3.58. The van der Waals surface area contributed by atoms with Crippen LogP contribution in [0, 0.1) is 33.8 Å². The minimum atomic E-state index is 0. The third kappa shape index (κ3) is 2.40. The van der Waals surface area contributed by atoms with E-state index in [2.05, 4.69) is 39.8 Å². The summed E-state index contributed by atoms with van der Waals surface area (Å²) in [4.78, 5) is 0. The van der Waals surface area contributed by atoms with E-state index in [1.807, 2.05) is 0 Å². The van der Waals surface area contributed by atoms with Gasteiger partial charge in [0.25, 0.3) is 0 Å². The molecule has 0 saturated carbocycles. The van der Waals surface area contributed by atoms with Crippen LogP contribution in [0.25, 0.3) is 0 Å². The van der Waals surface area contributed by atoms with Crippen LogP contribution in [0.5, 0.6) is 0 Å². The van der Waals surface area contributed by atoms with Crippen LogP contribution in [0.4, 0.5) is 0 Å². The van der Waals surface area contributed by atoms with Crippen LogP contribution in [0.2, 0.25) is 0 Å². The summed E-state index contributed by atoms with van der Waals surface area (Å²) in [6.07, 6.45) is 0. The Bertz CT molecular complexity index is 201. The van der Waals surface area contributed by atoms with Crippen molar-refractivity contribution >= 4 is 18.9 Å². The summed E-state index contributed by atoms with van der Waals surface area (Å²) >= 11 is 0. The van der Waals surface area contributed by atoms with E-state index in [0.29, 0.717) is 0 Å². The van der Waals surface area contributed by atoms with Crippen molar-refractivity contribution in [3.63, 3.8) is 0 Å². The average molecular weight is 141 g/mol. The van der Waals surface area contributed by atoms with Gasteiger partial charge in [0.2, 0.25) is 0 Å². The van der Waals surface area contributed by atoms with Crippen LogP contribution in [-0.2, 0) is 0 Å². The molecule has 0 atom stereocenters. The van der Waals surface area contributed by atoms with Crippen molar-refractivity contribution in [3.05, 3.63) is 34.4 Å². The van der Waals surface area contributed by atoms with Crippen molar-refractivity contribution in [1.29, 1.82) is 0 Å². The number of hydrogen-bond acceptors (Lipinski definition) is 0. The van der Waals surface area contributed by atoms with Crippen LogP contribution in [-0.4, -0.2) is 18.9 Å². The molecule has 0 saturated heterocycles. The van der Waals surface area contributed by atoms with Gasteiger partial charge < -0.3 is 0 Å². The van der Waals surface area contributed by atoms with Gasteiger partial charge in [-0.1, -0.05) is 6.07 Å². The van der Waals surface area contributed by atoms with Crippen LogP contribution in [0.3, 0.4) is 0 Å². The maximum atomic E-state index is 3.31. The van der Waals surface area contributed by atoms with Crippen LogP contribution >= 0.6 is 0 Å². The molecule has 0 spiro atoms. The van der Waals surface area contributed by atoms with Gasteiger partial charge in [-0.15, -0.1) is 0 Å². The van der Waals surface area contributed by atoms with Crippen molar-refractivity contribution < 1.29 is 0 Å². The topological polar surface area (TPSA) is 0 Å². The normalized spacial score (nSPS) is 9.09. The summed E-state index contributed by atoms with van der Waals surface area (Å²) in [6.45, 7) is 8.44. The molecule has 0 nitrogen and oxygen atoms in total. The van der Waals surface area contributed by atoms with Crippen molar-refractivity contribution in [2.45, 2.75) is 27.7 Å². The standard InChI is InChI=1S/C10H13.Li.H/c1-7-5-9(3)10(4)6-8(7)2;;/h5H,1-4H3;;. The first-order valence-electron chi connectivity index (χ1n) is 3.58. The van der Waals surface area contributed by atoms with Gasteiger partial charge in [0.05, 0.1) is 0 Å². The summed E-state index contributed by atoms with van der Waals surface area (Å²) < 4.78 is 0. The Morgan fingerprint density at radius 1 is 0.909 bits per heavy atom. The van der Waals surface area contributed by atoms with Gasteiger partial charge in [0.15, 0.2) is 0 Å². The number of aryl methyl sites for hydroxylation is 4. The molecule has 11 heavy (non-hydrogen) atoms. The number of benzene rings is 1. The molecule has 1 heteroatoms. The van der Waals surface area contributed by atoms with E-state index in [-0.39, 0.29) is 18.9 Å². The van der Waals surface area contributed by atoms with E-state index < -0.39 is 0 Å². The van der Waals surface area contributed by atoms with Crippen molar-refractivity contribution in [1.82, 2.24) is 0 Å². The zero-order valence-corrected chi connectivity index (χ0v) is 7.08. The Hall–Kier alpha value is -0.183. The SMILES string of the molecule is Cc1[c]c(C)c(C)cc1C.[LiH]. The fourth-order valence-corrected chi connectivity index (χ4v) is 1.02. The molecule has 1 radical (unpaired) electrons. The molecule has 0 bridgehead atoms. The van der Waals surface area contributed by atoms with Gasteiger partial charge in [0, 0.05) is 0 Å². The van der Waals surface area contributed by atoms with Crippen LogP contribution in [0.1, 0.15) is 22.3 Å². The number of hydrogen-bond donors (Lipinski definition) is 0. The zero-order valence-electron chi connectivity index (χ0n) is 7.08. The Balaban J connectivity index is 0.000001000. The summed E-state index contributed by atoms with van der Waals surface area (Å²) in [5.41, 5.74) is 5.21. The molecule has 0 aliphatic carbocycles. The second-order valence-electron chi connectivity index (χ2n) is 2.89. The van der Waals surface area contributed by atoms with Crippen LogP contribution in [0.15, 0.2) is 6.07 Å². The van der Waals surface area contributed by atoms with Crippen LogP contribution < -0.4 is 0 Å². The third-order valence-corrected chi connectivity index (χ3v) is 1.99. The number of rotatable bonds is 0. The second kappa shape index (κ2) is 4.00. The van der Waals surface area contributed by atoms with Gasteiger partial charge in [0.1, 0.15) is 0 Å². The monoisotopic (exact) mass is 141 g/mol. The maximum absolute atomic E-state index is 3.31. The molecule has 1 rings (SSSR count). The Morgan fingerprint density at radius 3 is 1.55 bits per heavy atom. The molecule has 0 aliphatic rings. The first-order chi connectivity index (χ1) is 4.61. The molecule has 1 aromatic rings. The molecular weight excluding hydrogens is 127 g/mol. The summed E-state index contributed by atoms with van der Waals surface area (Å²) in [5.74, 6) is 0. The van der Waals surface area contributed by atoms with E-state index in [4.69, 9.17) is 0 Å². The Kier molecular flexibility index (Phi) is 3.93. The van der Waals surface area contributed by atoms with Gasteiger partial charge in [-0.3, -0.25) is 0 Å². The second-order valence-corrected chi connectivity index (χ2v) is 2.89. The molecule has 0 heterocycles. The quantitative estimate of drug-likeness (QED) is 0.485. The van der Waals surface area contributed by atoms with E-state index in [1.54, 1.807) is 0 Å². The van der Waals surface area contributed by atoms with Crippen molar-refractivity contribution in [2.24, 2.45) is 0 Å². The van der Waals surface area contributed by atoms with Gasteiger partial charge in [-0.25, -0.2) is 0 Å². The summed E-state index contributed by atoms with van der Waals surface area (Å²) in [6, 6.07) is 5.52. The van der Waals surface area contributed by atoms with E-state index >= 15 is 0 Å². The first kappa shape index (κ1) is 10.8. The fourth-order valence-electron chi connectivity index (χ4n) is 1.02. The molecule has 0 amide bonds. The van der Waals surface area contributed by atoms with Gasteiger partial charge >= 0.3 is 18.9 Å². The third-order valence-electron chi connectivity index (χ3n) is 1.99. The molecule has 0 aliphatic heterocycles. The Labute approximate surface area is 81.2 Å². The van der Waals surface area contributed by atoms with Crippen molar-refractivity contribution in [2.75, 3.05) is 0 Å². The predicted octanol–water partition coefficient (Wildman–Crippen LogP) is 2.07. The van der Waals surface area contributed by atoms with Gasteiger partial charge in [-0.2, -0.15) is 0 Å². The van der Waals surface area contributed by atoms with E-state index in [9.17, 15) is 0 Å².